The molecule has 0 amide bonds. The lowest BCUT2D eigenvalue weighted by Crippen LogP contribution is -2.31. The van der Waals surface area contributed by atoms with Gasteiger partial charge in [-0.05, 0) is 12.1 Å². The van der Waals surface area contributed by atoms with Crippen molar-refractivity contribution in [3.05, 3.63) is 24.3 Å². The van der Waals surface area contributed by atoms with Gasteiger partial charge in [-0.3, -0.25) is 0 Å². The van der Waals surface area contributed by atoms with E-state index in [1.54, 1.807) is 12.1 Å². The number of hydrogen-bond acceptors (Lipinski definition) is 3. The van der Waals surface area contributed by atoms with E-state index >= 15 is 0 Å². The first-order chi connectivity index (χ1) is 8.36. The Hall–Kier alpha value is -0.880. The smallest absolute Gasteiger partial charge is 0.255 e. The molecule has 0 radical (unpaired) electrons. The van der Waals surface area contributed by atoms with Crippen molar-refractivity contribution in [3.63, 3.8) is 0 Å². The van der Waals surface area contributed by atoms with Gasteiger partial charge in [0.15, 0.2) is 9.84 Å². The molecule has 0 unspecified atom stereocenters. The highest BCUT2D eigenvalue weighted by atomic mass is 35.5. The van der Waals surface area contributed by atoms with Crippen LogP contribution < -0.4 is 4.90 Å². The van der Waals surface area contributed by atoms with Crippen molar-refractivity contribution >= 4 is 27.1 Å². The van der Waals surface area contributed by atoms with Gasteiger partial charge in [0.1, 0.15) is 0 Å². The lowest BCUT2D eigenvalue weighted by molar-refractivity contribution is 0.155. The molecule has 0 fully saturated rings. The summed E-state index contributed by atoms with van der Waals surface area (Å²) in [6.07, 6.45) is -1.51. The van der Waals surface area contributed by atoms with E-state index in [1.807, 2.05) is 0 Å². The van der Waals surface area contributed by atoms with Crippen LogP contribution in [0.25, 0.3) is 0 Å². The van der Waals surface area contributed by atoms with Crippen molar-refractivity contribution in [1.82, 2.24) is 0 Å². The first-order valence-corrected chi connectivity index (χ1v) is 7.67. The van der Waals surface area contributed by atoms with Crippen LogP contribution in [0.3, 0.4) is 0 Å². The zero-order chi connectivity index (χ0) is 13.8. The first-order valence-electron chi connectivity index (χ1n) is 5.24. The highest BCUT2D eigenvalue weighted by molar-refractivity contribution is 7.90. The first kappa shape index (κ1) is 15.2. The fraction of sp³-hybridized carbons (Fsp3) is 0.455. The summed E-state index contributed by atoms with van der Waals surface area (Å²) in [5.41, 5.74) is 0.265. The molecule has 1 aromatic carbocycles. The highest BCUT2D eigenvalue weighted by Crippen LogP contribution is 2.25. The van der Waals surface area contributed by atoms with Crippen LogP contribution in [-0.4, -0.2) is 40.1 Å². The Morgan fingerprint density at radius 3 is 2.44 bits per heavy atom. The van der Waals surface area contributed by atoms with Crippen molar-refractivity contribution in [3.8, 4) is 0 Å². The topological polar surface area (TPSA) is 37.4 Å². The predicted molar refractivity (Wildman–Crippen MR) is 68.5 cm³/mol. The third-order valence-corrected chi connectivity index (χ3v) is 3.63. The molecular weight excluding hydrogens is 284 g/mol. The van der Waals surface area contributed by atoms with E-state index in [0.29, 0.717) is 0 Å². The van der Waals surface area contributed by atoms with Gasteiger partial charge in [-0.1, -0.05) is 12.1 Å². The number of alkyl halides is 3. The molecule has 0 saturated heterocycles. The Kier molecular flexibility index (Phi) is 5.34. The minimum absolute atomic E-state index is 0.0377. The maximum absolute atomic E-state index is 12.5. The maximum Gasteiger partial charge on any atom is 0.255 e. The second kappa shape index (κ2) is 6.33. The van der Waals surface area contributed by atoms with Gasteiger partial charge >= 0.3 is 0 Å². The summed E-state index contributed by atoms with van der Waals surface area (Å²) in [4.78, 5) is 1.32. The van der Waals surface area contributed by atoms with Crippen molar-refractivity contribution in [2.75, 3.05) is 30.1 Å². The molecule has 18 heavy (non-hydrogen) atoms. The summed E-state index contributed by atoms with van der Waals surface area (Å²) in [6.45, 7) is -0.377. The number of nitrogens with zero attached hydrogens (tertiary/aromatic N) is 1. The molecule has 102 valence electrons. The number of anilines is 1. The normalized spacial score (nSPS) is 11.8. The van der Waals surface area contributed by atoms with Crippen molar-refractivity contribution in [2.24, 2.45) is 0 Å². The van der Waals surface area contributed by atoms with E-state index in [2.05, 4.69) is 0 Å². The predicted octanol–water partition coefficient (Wildman–Crippen LogP) is 2.40. The highest BCUT2D eigenvalue weighted by Gasteiger charge is 2.19. The Morgan fingerprint density at radius 2 is 1.94 bits per heavy atom. The third kappa shape index (κ3) is 4.10. The standard InChI is InChI=1S/C11H14ClF2NO2S/c1-18(16,17)10-5-3-2-4-9(10)15(7-6-12)8-11(13)14/h2-5,11H,6-8H2,1H3. The molecule has 0 spiro atoms. The summed E-state index contributed by atoms with van der Waals surface area (Å²) in [7, 11) is -3.46. The van der Waals surface area contributed by atoms with Crippen LogP contribution in [0.15, 0.2) is 29.2 Å². The summed E-state index contributed by atoms with van der Waals surface area (Å²) in [6, 6.07) is 6.07. The molecule has 1 aromatic rings. The van der Waals surface area contributed by atoms with Gasteiger partial charge in [-0.15, -0.1) is 11.6 Å². The second-order valence-corrected chi connectivity index (χ2v) is 6.13. The lowest BCUT2D eigenvalue weighted by Gasteiger charge is -2.25. The zero-order valence-electron chi connectivity index (χ0n) is 9.81. The monoisotopic (exact) mass is 297 g/mol. The van der Waals surface area contributed by atoms with E-state index in [1.165, 1.54) is 17.0 Å². The molecule has 0 atom stereocenters. The van der Waals surface area contributed by atoms with Gasteiger partial charge in [0.2, 0.25) is 0 Å². The Morgan fingerprint density at radius 1 is 1.33 bits per heavy atom. The van der Waals surface area contributed by atoms with Crippen molar-refractivity contribution in [1.29, 1.82) is 0 Å². The molecule has 0 aliphatic rings. The van der Waals surface area contributed by atoms with Gasteiger partial charge in [0, 0.05) is 18.7 Å². The van der Waals surface area contributed by atoms with Crippen LogP contribution in [0.4, 0.5) is 14.5 Å². The fourth-order valence-corrected chi connectivity index (χ4v) is 2.72. The maximum atomic E-state index is 12.5. The van der Waals surface area contributed by atoms with Gasteiger partial charge in [-0.25, -0.2) is 17.2 Å². The number of halogens is 3. The molecule has 0 bridgehead atoms. The minimum Gasteiger partial charge on any atom is -0.364 e. The van der Waals surface area contributed by atoms with Crippen molar-refractivity contribution < 1.29 is 17.2 Å². The van der Waals surface area contributed by atoms with Crippen LogP contribution in [-0.2, 0) is 9.84 Å². The SMILES string of the molecule is CS(=O)(=O)c1ccccc1N(CCCl)CC(F)F. The van der Waals surface area contributed by atoms with Crippen LogP contribution >= 0.6 is 11.6 Å². The average Bonchev–Trinajstić information content (AvgIpc) is 2.27. The molecule has 0 aliphatic heterocycles. The lowest BCUT2D eigenvalue weighted by atomic mass is 10.3. The molecule has 0 saturated carbocycles. The van der Waals surface area contributed by atoms with Gasteiger partial charge < -0.3 is 4.90 Å². The molecule has 0 N–H and O–H groups in total. The zero-order valence-corrected chi connectivity index (χ0v) is 11.4. The molecule has 0 aromatic heterocycles. The quantitative estimate of drug-likeness (QED) is 0.757. The average molecular weight is 298 g/mol. The third-order valence-electron chi connectivity index (χ3n) is 2.32. The molecule has 3 nitrogen and oxygen atoms in total. The summed E-state index contributed by atoms with van der Waals surface area (Å²) in [5, 5.41) is 0. The van der Waals surface area contributed by atoms with Gasteiger partial charge in [-0.2, -0.15) is 0 Å². The van der Waals surface area contributed by atoms with E-state index in [-0.39, 0.29) is 23.0 Å². The minimum atomic E-state index is -3.46. The van der Waals surface area contributed by atoms with Crippen LogP contribution in [0.1, 0.15) is 0 Å². The molecule has 0 heterocycles. The van der Waals surface area contributed by atoms with E-state index in [0.717, 1.165) is 6.26 Å². The van der Waals surface area contributed by atoms with Crippen LogP contribution in [0.5, 0.6) is 0 Å². The van der Waals surface area contributed by atoms with E-state index in [9.17, 15) is 17.2 Å². The summed E-state index contributed by atoms with van der Waals surface area (Å²) < 4.78 is 48.2. The largest absolute Gasteiger partial charge is 0.364 e. The molecule has 1 rings (SSSR count). The van der Waals surface area contributed by atoms with Crippen LogP contribution in [0.2, 0.25) is 0 Å². The molecular formula is C11H14ClF2NO2S. The fourth-order valence-electron chi connectivity index (χ4n) is 1.61. The molecule has 0 aliphatic carbocycles. The Balaban J connectivity index is 3.19. The van der Waals surface area contributed by atoms with Crippen LogP contribution in [0, 0.1) is 0 Å². The van der Waals surface area contributed by atoms with Gasteiger partial charge in [0.25, 0.3) is 6.43 Å². The number of hydrogen-bond donors (Lipinski definition) is 0. The van der Waals surface area contributed by atoms with Gasteiger partial charge in [0.05, 0.1) is 17.1 Å². The Labute approximate surface area is 110 Å². The number of rotatable bonds is 6. The number of para-hydroxylation sites is 1. The molecule has 7 heteroatoms. The number of sulfone groups is 1. The van der Waals surface area contributed by atoms with Crippen molar-refractivity contribution in [2.45, 2.75) is 11.3 Å². The van der Waals surface area contributed by atoms with E-state index in [4.69, 9.17) is 11.6 Å². The Bertz CT molecular complexity index is 494. The summed E-state index contributed by atoms with van der Waals surface area (Å²) in [5.74, 6) is 0.144. The summed E-state index contributed by atoms with van der Waals surface area (Å²) >= 11 is 5.56. The second-order valence-electron chi connectivity index (χ2n) is 3.77. The van der Waals surface area contributed by atoms with E-state index < -0.39 is 22.8 Å². The number of benzene rings is 1.